The van der Waals surface area contributed by atoms with E-state index in [0.29, 0.717) is 13.3 Å². The van der Waals surface area contributed by atoms with Gasteiger partial charge in [-0.3, -0.25) is 0 Å². The number of hydrogen-bond acceptors (Lipinski definition) is 1. The molecule has 0 aliphatic carbocycles. The summed E-state index contributed by atoms with van der Waals surface area (Å²) >= 11 is 5.99. The summed E-state index contributed by atoms with van der Waals surface area (Å²) in [5.41, 5.74) is 3.57. The minimum absolute atomic E-state index is 0. The molecule has 0 atom stereocenters. The van der Waals surface area contributed by atoms with Gasteiger partial charge in [0.2, 0.25) is 0 Å². The lowest BCUT2D eigenvalue weighted by molar-refractivity contribution is 0.306. The summed E-state index contributed by atoms with van der Waals surface area (Å²) in [5.74, 6) is 0.856. The molecular formula is C17H22BClO. The Labute approximate surface area is 128 Å². The Hall–Kier alpha value is -1.41. The van der Waals surface area contributed by atoms with Crippen LogP contribution in [0.5, 0.6) is 5.75 Å². The quantitative estimate of drug-likeness (QED) is 0.733. The van der Waals surface area contributed by atoms with Crippen LogP contribution >= 0.6 is 11.6 Å². The summed E-state index contributed by atoms with van der Waals surface area (Å²) in [5, 5.41) is 0.772. The third-order valence-electron chi connectivity index (χ3n) is 3.18. The fraction of sp³-hybridized carbons (Fsp3) is 0.294. The minimum atomic E-state index is 0. The van der Waals surface area contributed by atoms with E-state index in [-0.39, 0.29) is 7.43 Å². The fourth-order valence-corrected chi connectivity index (χ4v) is 1.99. The number of aryl methyl sites for hydroxylation is 1. The van der Waals surface area contributed by atoms with Gasteiger partial charge < -0.3 is 4.74 Å². The maximum atomic E-state index is 5.99. The van der Waals surface area contributed by atoms with E-state index in [2.05, 4.69) is 37.9 Å². The molecule has 2 rings (SSSR count). The highest BCUT2D eigenvalue weighted by atomic mass is 35.5. The van der Waals surface area contributed by atoms with Crippen molar-refractivity contribution in [1.29, 1.82) is 0 Å². The highest BCUT2D eigenvalue weighted by Gasteiger charge is 2.03. The van der Waals surface area contributed by atoms with E-state index in [1.165, 1.54) is 11.0 Å². The van der Waals surface area contributed by atoms with Gasteiger partial charge in [-0.2, -0.15) is 0 Å². The summed E-state index contributed by atoms with van der Waals surface area (Å²) in [7, 11) is 0. The molecule has 2 aromatic carbocycles. The van der Waals surface area contributed by atoms with Crippen LogP contribution in [0.15, 0.2) is 42.5 Å². The standard InChI is InChI=1S/C16H18BClO.CH4/c1-12-10-15(8-9-16(12)18)19-11-13-4-6-14(7-5-13)17(2)3;/h4-10H,11H2,1-3H3;1H4. The van der Waals surface area contributed by atoms with E-state index in [4.69, 9.17) is 16.3 Å². The van der Waals surface area contributed by atoms with Crippen LogP contribution in [0, 0.1) is 6.92 Å². The number of ether oxygens (including phenoxy) is 1. The van der Waals surface area contributed by atoms with Crippen LogP contribution in [0.4, 0.5) is 0 Å². The number of benzene rings is 2. The van der Waals surface area contributed by atoms with Crippen LogP contribution in [-0.2, 0) is 6.61 Å². The van der Waals surface area contributed by atoms with Gasteiger partial charge >= 0.3 is 0 Å². The Kier molecular flexibility index (Phi) is 6.16. The second-order valence-electron chi connectivity index (χ2n) is 5.10. The first-order valence-electron chi connectivity index (χ1n) is 6.54. The van der Waals surface area contributed by atoms with Crippen LogP contribution in [-0.4, -0.2) is 6.71 Å². The zero-order chi connectivity index (χ0) is 13.8. The van der Waals surface area contributed by atoms with Crippen LogP contribution in [0.2, 0.25) is 18.7 Å². The van der Waals surface area contributed by atoms with Crippen molar-refractivity contribution in [3.8, 4) is 5.75 Å². The molecule has 1 nitrogen and oxygen atoms in total. The predicted octanol–water partition coefficient (Wildman–Crippen LogP) is 4.82. The number of hydrogen-bond donors (Lipinski definition) is 0. The van der Waals surface area contributed by atoms with Crippen molar-refractivity contribution in [2.45, 2.75) is 34.6 Å². The molecule has 0 aliphatic heterocycles. The SMILES string of the molecule is C.CB(C)c1ccc(COc2ccc(Cl)c(C)c2)cc1. The lowest BCUT2D eigenvalue weighted by atomic mass is 9.49. The van der Waals surface area contributed by atoms with Crippen molar-refractivity contribution in [2.24, 2.45) is 0 Å². The Morgan fingerprint density at radius 3 is 2.25 bits per heavy atom. The average Bonchev–Trinajstić information content (AvgIpc) is 2.40. The highest BCUT2D eigenvalue weighted by molar-refractivity contribution is 6.70. The molecule has 3 heteroatoms. The van der Waals surface area contributed by atoms with E-state index in [1.54, 1.807) is 0 Å². The van der Waals surface area contributed by atoms with E-state index >= 15 is 0 Å². The van der Waals surface area contributed by atoms with Crippen molar-refractivity contribution in [2.75, 3.05) is 0 Å². The lowest BCUT2D eigenvalue weighted by Crippen LogP contribution is -2.22. The van der Waals surface area contributed by atoms with Crippen molar-refractivity contribution in [3.63, 3.8) is 0 Å². The monoisotopic (exact) mass is 288 g/mol. The normalized spacial score (nSPS) is 9.80. The van der Waals surface area contributed by atoms with Gasteiger partial charge in [0.1, 0.15) is 12.4 Å². The molecule has 0 fully saturated rings. The molecule has 0 N–H and O–H groups in total. The van der Waals surface area contributed by atoms with Gasteiger partial charge in [-0.1, -0.05) is 62.4 Å². The number of halogens is 1. The van der Waals surface area contributed by atoms with Gasteiger partial charge in [-0.15, -0.1) is 0 Å². The van der Waals surface area contributed by atoms with E-state index < -0.39 is 0 Å². The highest BCUT2D eigenvalue weighted by Crippen LogP contribution is 2.21. The molecule has 0 heterocycles. The summed E-state index contributed by atoms with van der Waals surface area (Å²) in [6.45, 7) is 7.52. The molecule has 0 aliphatic rings. The Morgan fingerprint density at radius 1 is 1.05 bits per heavy atom. The zero-order valence-corrected chi connectivity index (χ0v) is 12.4. The first-order valence-corrected chi connectivity index (χ1v) is 6.92. The van der Waals surface area contributed by atoms with Gasteiger partial charge in [0.25, 0.3) is 0 Å². The topological polar surface area (TPSA) is 9.23 Å². The fourth-order valence-electron chi connectivity index (χ4n) is 1.87. The van der Waals surface area contributed by atoms with Crippen molar-refractivity contribution >= 4 is 23.8 Å². The molecule has 0 radical (unpaired) electrons. The van der Waals surface area contributed by atoms with E-state index in [1.807, 2.05) is 25.1 Å². The Balaban J connectivity index is 0.00000200. The average molecular weight is 289 g/mol. The second-order valence-corrected chi connectivity index (χ2v) is 5.50. The van der Waals surface area contributed by atoms with Gasteiger partial charge in [0, 0.05) is 5.02 Å². The molecule has 0 aromatic heterocycles. The molecule has 0 saturated carbocycles. The number of rotatable bonds is 4. The Bertz CT molecular complexity index is 549. The molecule has 0 bridgehead atoms. The van der Waals surface area contributed by atoms with Gasteiger partial charge in [0.05, 0.1) is 0 Å². The summed E-state index contributed by atoms with van der Waals surface area (Å²) in [6, 6.07) is 14.3. The molecule has 20 heavy (non-hydrogen) atoms. The maximum absolute atomic E-state index is 5.99. The van der Waals surface area contributed by atoms with Crippen LogP contribution < -0.4 is 10.2 Å². The Morgan fingerprint density at radius 2 is 1.70 bits per heavy atom. The molecule has 0 saturated heterocycles. The van der Waals surface area contributed by atoms with E-state index in [9.17, 15) is 0 Å². The smallest absolute Gasteiger partial charge is 0.169 e. The van der Waals surface area contributed by atoms with Crippen molar-refractivity contribution in [3.05, 3.63) is 58.6 Å². The molecule has 2 aromatic rings. The summed E-state index contributed by atoms with van der Waals surface area (Å²) in [4.78, 5) is 0. The zero-order valence-electron chi connectivity index (χ0n) is 11.6. The van der Waals surface area contributed by atoms with Crippen molar-refractivity contribution < 1.29 is 4.74 Å². The lowest BCUT2D eigenvalue weighted by Gasteiger charge is -2.09. The molecule has 0 spiro atoms. The van der Waals surface area contributed by atoms with Crippen molar-refractivity contribution in [1.82, 2.24) is 0 Å². The summed E-state index contributed by atoms with van der Waals surface area (Å²) < 4.78 is 5.77. The van der Waals surface area contributed by atoms with Gasteiger partial charge in [-0.25, -0.2) is 0 Å². The van der Waals surface area contributed by atoms with Crippen LogP contribution in [0.25, 0.3) is 0 Å². The van der Waals surface area contributed by atoms with Gasteiger partial charge in [-0.05, 0) is 36.2 Å². The minimum Gasteiger partial charge on any atom is -0.489 e. The second kappa shape index (κ2) is 7.40. The molecule has 0 amide bonds. The maximum Gasteiger partial charge on any atom is 0.169 e. The van der Waals surface area contributed by atoms with Crippen LogP contribution in [0.1, 0.15) is 18.6 Å². The third-order valence-corrected chi connectivity index (χ3v) is 3.61. The predicted molar refractivity (Wildman–Crippen MR) is 90.8 cm³/mol. The summed E-state index contributed by atoms with van der Waals surface area (Å²) in [6.07, 6.45) is 0. The third kappa shape index (κ3) is 4.31. The van der Waals surface area contributed by atoms with Gasteiger partial charge in [0.15, 0.2) is 6.71 Å². The first kappa shape index (κ1) is 16.6. The van der Waals surface area contributed by atoms with E-state index in [0.717, 1.165) is 16.3 Å². The largest absolute Gasteiger partial charge is 0.489 e. The van der Waals surface area contributed by atoms with Crippen LogP contribution in [0.3, 0.4) is 0 Å². The molecule has 0 unspecified atom stereocenters. The molecular weight excluding hydrogens is 266 g/mol. The molecule has 106 valence electrons. The first-order chi connectivity index (χ1) is 9.06.